The number of hydrogen-bond donors (Lipinski definition) is 1. The van der Waals surface area contributed by atoms with Crippen molar-refractivity contribution in [1.29, 1.82) is 0 Å². The fraction of sp³-hybridized carbons (Fsp3) is 0. The summed E-state index contributed by atoms with van der Waals surface area (Å²) < 4.78 is 1.29. The Bertz CT molecular complexity index is 671. The molecular weight excluding hydrogens is 240 g/mol. The van der Waals surface area contributed by atoms with Crippen LogP contribution in [0.3, 0.4) is 0 Å². The fourth-order valence-electron chi connectivity index (χ4n) is 1.79. The van der Waals surface area contributed by atoms with Crippen LogP contribution >= 0.6 is 11.3 Å². The first-order chi connectivity index (χ1) is 8.93. The third-order valence-corrected chi connectivity index (χ3v) is 3.66. The topological polar surface area (TPSA) is 24.4 Å². The van der Waals surface area contributed by atoms with Gasteiger partial charge in [-0.05, 0) is 18.2 Å². The molecule has 0 saturated carbocycles. The molecule has 0 fully saturated rings. The van der Waals surface area contributed by atoms with Crippen LogP contribution in [0.5, 0.6) is 0 Å². The van der Waals surface area contributed by atoms with Crippen molar-refractivity contribution in [2.24, 2.45) is 5.10 Å². The van der Waals surface area contributed by atoms with Gasteiger partial charge in [0, 0.05) is 21.0 Å². The van der Waals surface area contributed by atoms with Gasteiger partial charge in [-0.1, -0.05) is 36.4 Å². The number of hydrazone groups is 1. The van der Waals surface area contributed by atoms with Crippen molar-refractivity contribution in [3.63, 3.8) is 0 Å². The molecule has 0 atom stereocenters. The highest BCUT2D eigenvalue weighted by Gasteiger charge is 1.99. The molecule has 1 heterocycles. The van der Waals surface area contributed by atoms with Gasteiger partial charge in [0.05, 0.1) is 11.9 Å². The van der Waals surface area contributed by atoms with E-state index in [9.17, 15) is 0 Å². The van der Waals surface area contributed by atoms with Gasteiger partial charge in [0.1, 0.15) is 0 Å². The van der Waals surface area contributed by atoms with Gasteiger partial charge >= 0.3 is 0 Å². The maximum Gasteiger partial charge on any atom is 0.0561 e. The van der Waals surface area contributed by atoms with E-state index in [0.717, 1.165) is 11.3 Å². The quantitative estimate of drug-likeness (QED) is 0.544. The van der Waals surface area contributed by atoms with Crippen molar-refractivity contribution < 1.29 is 0 Å². The summed E-state index contributed by atoms with van der Waals surface area (Å²) in [6.45, 7) is 0. The number of rotatable bonds is 3. The molecule has 18 heavy (non-hydrogen) atoms. The number of hydrogen-bond acceptors (Lipinski definition) is 3. The summed E-state index contributed by atoms with van der Waals surface area (Å²) in [5.74, 6) is 0. The largest absolute Gasteiger partial charge is 0.279 e. The molecule has 0 aliphatic rings. The summed E-state index contributed by atoms with van der Waals surface area (Å²) in [6.07, 6.45) is 1.87. The molecule has 0 unspecified atom stereocenters. The molecule has 2 aromatic carbocycles. The standard InChI is InChI=1S/C15H12N2S/c1-2-6-13(7-3-1)17-16-10-12-11-18-15-9-5-4-8-14(12)15/h1-11,17H/b16-10+. The van der Waals surface area contributed by atoms with Gasteiger partial charge in [0.2, 0.25) is 0 Å². The number of para-hydroxylation sites is 1. The number of nitrogens with zero attached hydrogens (tertiary/aromatic N) is 1. The molecule has 0 spiro atoms. The Hall–Kier alpha value is -2.13. The number of fused-ring (bicyclic) bond motifs is 1. The monoisotopic (exact) mass is 252 g/mol. The van der Waals surface area contributed by atoms with Crippen LogP contribution in [0.2, 0.25) is 0 Å². The highest BCUT2D eigenvalue weighted by atomic mass is 32.1. The van der Waals surface area contributed by atoms with E-state index in [2.05, 4.69) is 40.2 Å². The van der Waals surface area contributed by atoms with Gasteiger partial charge in [0.15, 0.2) is 0 Å². The lowest BCUT2D eigenvalue weighted by molar-refractivity contribution is 1.35. The van der Waals surface area contributed by atoms with E-state index in [-0.39, 0.29) is 0 Å². The van der Waals surface area contributed by atoms with Crippen molar-refractivity contribution in [3.8, 4) is 0 Å². The number of benzene rings is 2. The lowest BCUT2D eigenvalue weighted by atomic mass is 10.2. The van der Waals surface area contributed by atoms with E-state index in [1.165, 1.54) is 10.1 Å². The molecule has 0 bridgehead atoms. The number of thiophene rings is 1. The molecule has 3 heteroatoms. The first-order valence-electron chi connectivity index (χ1n) is 5.74. The smallest absolute Gasteiger partial charge is 0.0561 e. The van der Waals surface area contributed by atoms with E-state index in [0.29, 0.717) is 0 Å². The summed E-state index contributed by atoms with van der Waals surface area (Å²) >= 11 is 1.74. The van der Waals surface area contributed by atoms with E-state index in [1.807, 2.05) is 36.5 Å². The third kappa shape index (κ3) is 2.26. The summed E-state index contributed by atoms with van der Waals surface area (Å²) in [6, 6.07) is 18.3. The number of anilines is 1. The fourth-order valence-corrected chi connectivity index (χ4v) is 2.70. The highest BCUT2D eigenvalue weighted by molar-refractivity contribution is 7.17. The number of nitrogens with one attached hydrogen (secondary N) is 1. The third-order valence-electron chi connectivity index (χ3n) is 2.68. The van der Waals surface area contributed by atoms with Crippen LogP contribution in [-0.2, 0) is 0 Å². The van der Waals surface area contributed by atoms with Crippen LogP contribution in [0.15, 0.2) is 65.1 Å². The minimum Gasteiger partial charge on any atom is -0.279 e. The summed E-state index contributed by atoms with van der Waals surface area (Å²) in [5.41, 5.74) is 5.17. The van der Waals surface area contributed by atoms with Crippen LogP contribution < -0.4 is 5.43 Å². The Morgan fingerprint density at radius 2 is 1.72 bits per heavy atom. The Balaban J connectivity index is 1.80. The van der Waals surface area contributed by atoms with Crippen molar-refractivity contribution in [3.05, 3.63) is 65.5 Å². The average molecular weight is 252 g/mol. The Kier molecular flexibility index (Phi) is 3.07. The lowest BCUT2D eigenvalue weighted by Gasteiger charge is -1.97. The van der Waals surface area contributed by atoms with Gasteiger partial charge in [-0.3, -0.25) is 5.43 Å². The van der Waals surface area contributed by atoms with Crippen LogP contribution in [0.1, 0.15) is 5.56 Å². The minimum absolute atomic E-state index is 0.994. The minimum atomic E-state index is 0.994. The van der Waals surface area contributed by atoms with Crippen molar-refractivity contribution in [2.75, 3.05) is 5.43 Å². The zero-order chi connectivity index (χ0) is 12.2. The normalized spacial score (nSPS) is 11.1. The predicted octanol–water partition coefficient (Wildman–Crippen LogP) is 4.35. The maximum absolute atomic E-state index is 4.27. The molecule has 0 aliphatic carbocycles. The summed E-state index contributed by atoms with van der Waals surface area (Å²) in [4.78, 5) is 0. The summed E-state index contributed by atoms with van der Waals surface area (Å²) in [5, 5.41) is 7.64. The second kappa shape index (κ2) is 5.02. The van der Waals surface area contributed by atoms with E-state index in [4.69, 9.17) is 0 Å². The second-order valence-electron chi connectivity index (χ2n) is 3.92. The highest BCUT2D eigenvalue weighted by Crippen LogP contribution is 2.24. The molecule has 0 amide bonds. The molecule has 0 radical (unpaired) electrons. The first-order valence-corrected chi connectivity index (χ1v) is 6.62. The van der Waals surface area contributed by atoms with Crippen LogP contribution in [0, 0.1) is 0 Å². The zero-order valence-corrected chi connectivity index (χ0v) is 10.5. The average Bonchev–Trinajstić information content (AvgIpc) is 2.84. The molecule has 0 aliphatic heterocycles. The van der Waals surface area contributed by atoms with Crippen LogP contribution in [0.4, 0.5) is 5.69 Å². The van der Waals surface area contributed by atoms with E-state index < -0.39 is 0 Å². The second-order valence-corrected chi connectivity index (χ2v) is 4.83. The molecule has 3 aromatic rings. The lowest BCUT2D eigenvalue weighted by Crippen LogP contribution is -1.89. The van der Waals surface area contributed by atoms with E-state index in [1.54, 1.807) is 11.3 Å². The molecule has 1 aromatic heterocycles. The first kappa shape index (κ1) is 11.0. The molecule has 2 nitrogen and oxygen atoms in total. The predicted molar refractivity (Wildman–Crippen MR) is 79.5 cm³/mol. The Morgan fingerprint density at radius 1 is 0.944 bits per heavy atom. The molecule has 1 N–H and O–H groups in total. The maximum atomic E-state index is 4.27. The van der Waals surface area contributed by atoms with Gasteiger partial charge in [-0.15, -0.1) is 11.3 Å². The summed E-state index contributed by atoms with van der Waals surface area (Å²) in [7, 11) is 0. The van der Waals surface area contributed by atoms with Gasteiger partial charge in [-0.2, -0.15) is 5.10 Å². The SMILES string of the molecule is C(=N\Nc1ccccc1)/c1csc2ccccc12. The Labute approximate surface area is 110 Å². The molecule has 0 saturated heterocycles. The van der Waals surface area contributed by atoms with Crippen LogP contribution in [0.25, 0.3) is 10.1 Å². The molecule has 3 rings (SSSR count). The molecular formula is C15H12N2S. The van der Waals surface area contributed by atoms with Crippen molar-refractivity contribution >= 4 is 33.3 Å². The molecule has 88 valence electrons. The van der Waals surface area contributed by atoms with Crippen molar-refractivity contribution in [1.82, 2.24) is 0 Å². The van der Waals surface area contributed by atoms with Gasteiger partial charge < -0.3 is 0 Å². The van der Waals surface area contributed by atoms with Crippen LogP contribution in [-0.4, -0.2) is 6.21 Å². The van der Waals surface area contributed by atoms with Crippen molar-refractivity contribution in [2.45, 2.75) is 0 Å². The van der Waals surface area contributed by atoms with Gasteiger partial charge in [0.25, 0.3) is 0 Å². The van der Waals surface area contributed by atoms with E-state index >= 15 is 0 Å². The Morgan fingerprint density at radius 3 is 2.61 bits per heavy atom. The zero-order valence-electron chi connectivity index (χ0n) is 9.71. The van der Waals surface area contributed by atoms with Gasteiger partial charge in [-0.25, -0.2) is 0 Å².